The maximum absolute atomic E-state index is 4.55. The Morgan fingerprint density at radius 2 is 1.86 bits per heavy atom. The summed E-state index contributed by atoms with van der Waals surface area (Å²) in [5.74, 6) is 0. The first-order valence-electron chi connectivity index (χ1n) is 7.29. The topological polar surface area (TPSA) is 17.3 Å². The molecule has 0 radical (unpaired) electrons. The second-order valence-electron chi connectivity index (χ2n) is 6.84. The Morgan fingerprint density at radius 3 is 2.62 bits per heavy atom. The molecule has 21 heavy (non-hydrogen) atoms. The van der Waals surface area contributed by atoms with Crippen LogP contribution in [0.2, 0.25) is 0 Å². The summed E-state index contributed by atoms with van der Waals surface area (Å²) in [4.78, 5) is 7.30. The highest BCUT2D eigenvalue weighted by Gasteiger charge is 2.16. The van der Waals surface area contributed by atoms with E-state index in [4.69, 9.17) is 0 Å². The molecule has 0 aliphatic carbocycles. The summed E-state index contributed by atoms with van der Waals surface area (Å²) >= 11 is 1.90. The van der Waals surface area contributed by atoms with E-state index in [9.17, 15) is 0 Å². The number of fused-ring (bicyclic) bond motifs is 6. The molecule has 2 nitrogen and oxygen atoms in total. The Morgan fingerprint density at radius 1 is 1.10 bits per heavy atom. The zero-order valence-electron chi connectivity index (χ0n) is 12.6. The van der Waals surface area contributed by atoms with Gasteiger partial charge in [0.15, 0.2) is 0 Å². The second kappa shape index (κ2) is 4.31. The fraction of sp³-hybridized carbons (Fsp3) is 0.278. The number of pyridine rings is 1. The van der Waals surface area contributed by atoms with E-state index in [1.165, 1.54) is 25.9 Å². The third-order valence-electron chi connectivity index (χ3n) is 3.79. The van der Waals surface area contributed by atoms with E-state index in [1.54, 1.807) is 0 Å². The quantitative estimate of drug-likeness (QED) is 0.466. The number of thiophene rings is 1. The van der Waals surface area contributed by atoms with Crippen LogP contribution in [-0.4, -0.2) is 9.38 Å². The first-order valence-corrected chi connectivity index (χ1v) is 8.11. The number of hydrogen-bond donors (Lipinski definition) is 0. The maximum Gasteiger partial charge on any atom is 0.145 e. The van der Waals surface area contributed by atoms with Crippen molar-refractivity contribution >= 4 is 38.0 Å². The highest BCUT2D eigenvalue weighted by atomic mass is 32.1. The van der Waals surface area contributed by atoms with Gasteiger partial charge in [0, 0.05) is 28.0 Å². The van der Waals surface area contributed by atoms with Crippen molar-refractivity contribution < 1.29 is 0 Å². The van der Waals surface area contributed by atoms with Crippen LogP contribution in [0.3, 0.4) is 0 Å². The second-order valence-corrected chi connectivity index (χ2v) is 7.95. The Kier molecular flexibility index (Phi) is 2.64. The number of hydrogen-bond acceptors (Lipinski definition) is 2. The minimum atomic E-state index is 0.310. The Bertz CT molecular complexity index is 954. The van der Waals surface area contributed by atoms with E-state index in [2.05, 4.69) is 66.7 Å². The molecule has 0 saturated carbocycles. The lowest BCUT2D eigenvalue weighted by atomic mass is 9.91. The van der Waals surface area contributed by atoms with Crippen LogP contribution in [-0.2, 0) is 6.42 Å². The van der Waals surface area contributed by atoms with Gasteiger partial charge in [-0.2, -0.15) is 0 Å². The molecule has 3 heterocycles. The number of benzene rings is 1. The zero-order chi connectivity index (χ0) is 14.6. The van der Waals surface area contributed by atoms with E-state index in [0.29, 0.717) is 5.41 Å². The van der Waals surface area contributed by atoms with E-state index < -0.39 is 0 Å². The van der Waals surface area contributed by atoms with E-state index in [1.807, 2.05) is 17.5 Å². The fourth-order valence-corrected chi connectivity index (χ4v) is 4.45. The number of imidazole rings is 1. The smallest absolute Gasteiger partial charge is 0.145 e. The summed E-state index contributed by atoms with van der Waals surface area (Å²) in [5.41, 5.74) is 1.37. The molecule has 0 fully saturated rings. The maximum atomic E-state index is 4.55. The molecule has 0 aliphatic heterocycles. The minimum absolute atomic E-state index is 0.310. The molecule has 1 aromatic carbocycles. The van der Waals surface area contributed by atoms with Crippen molar-refractivity contribution in [2.75, 3.05) is 0 Å². The largest absolute Gasteiger partial charge is 0.290 e. The average molecular weight is 294 g/mol. The summed E-state index contributed by atoms with van der Waals surface area (Å²) in [7, 11) is 0. The van der Waals surface area contributed by atoms with Gasteiger partial charge >= 0.3 is 0 Å². The van der Waals surface area contributed by atoms with Crippen LogP contribution in [0.5, 0.6) is 0 Å². The molecule has 3 aromatic heterocycles. The Balaban J connectivity index is 2.11. The third kappa shape index (κ3) is 2.04. The van der Waals surface area contributed by atoms with Crippen LogP contribution >= 0.6 is 11.3 Å². The van der Waals surface area contributed by atoms with Gasteiger partial charge in [0.2, 0.25) is 0 Å². The molecule has 106 valence electrons. The van der Waals surface area contributed by atoms with Gasteiger partial charge in [0.05, 0.1) is 0 Å². The average Bonchev–Trinajstić information content (AvgIpc) is 3.02. The van der Waals surface area contributed by atoms with Crippen LogP contribution in [0, 0.1) is 5.41 Å². The van der Waals surface area contributed by atoms with Gasteiger partial charge < -0.3 is 0 Å². The first-order chi connectivity index (χ1) is 10.0. The highest BCUT2D eigenvalue weighted by Crippen LogP contribution is 2.36. The molecule has 0 bridgehead atoms. The lowest BCUT2D eigenvalue weighted by Gasteiger charge is -2.16. The van der Waals surface area contributed by atoms with Crippen LogP contribution < -0.4 is 0 Å². The number of rotatable bonds is 1. The molecular formula is C18H18N2S. The summed E-state index contributed by atoms with van der Waals surface area (Å²) in [5, 5.41) is 3.89. The standard InChI is InChI=1S/C18H18N2S/c1-18(2,3)11-12-10-15-13-6-4-5-7-14(13)16-19-8-9-20(16)17(15)21-12/h4-10H,11H2,1-3H3. The van der Waals surface area contributed by atoms with Gasteiger partial charge in [-0.1, -0.05) is 45.0 Å². The summed E-state index contributed by atoms with van der Waals surface area (Å²) in [6.07, 6.45) is 5.07. The Hall–Kier alpha value is -1.87. The van der Waals surface area contributed by atoms with Crippen molar-refractivity contribution in [2.24, 2.45) is 5.41 Å². The van der Waals surface area contributed by atoms with Crippen molar-refractivity contribution in [3.63, 3.8) is 0 Å². The van der Waals surface area contributed by atoms with Crippen LogP contribution in [0.1, 0.15) is 25.6 Å². The normalized spacial score (nSPS) is 12.7. The molecule has 0 saturated heterocycles. The SMILES string of the molecule is CC(C)(C)Cc1cc2c3ccccc3c3nccn3c2s1. The summed E-state index contributed by atoms with van der Waals surface area (Å²) in [6, 6.07) is 10.9. The van der Waals surface area contributed by atoms with Crippen LogP contribution in [0.4, 0.5) is 0 Å². The van der Waals surface area contributed by atoms with Crippen LogP contribution in [0.25, 0.3) is 26.6 Å². The first kappa shape index (κ1) is 12.8. The van der Waals surface area contributed by atoms with Crippen molar-refractivity contribution in [1.82, 2.24) is 9.38 Å². The van der Waals surface area contributed by atoms with Gasteiger partial charge in [0.1, 0.15) is 10.5 Å². The van der Waals surface area contributed by atoms with Crippen LogP contribution in [0.15, 0.2) is 42.7 Å². The van der Waals surface area contributed by atoms with E-state index >= 15 is 0 Å². The van der Waals surface area contributed by atoms with Crippen molar-refractivity contribution in [2.45, 2.75) is 27.2 Å². The van der Waals surface area contributed by atoms with Crippen molar-refractivity contribution in [3.8, 4) is 0 Å². The Labute approximate surface area is 128 Å². The molecule has 3 heteroatoms. The molecule has 4 aromatic rings. The van der Waals surface area contributed by atoms with Gasteiger partial charge in [-0.3, -0.25) is 4.40 Å². The minimum Gasteiger partial charge on any atom is -0.290 e. The zero-order valence-corrected chi connectivity index (χ0v) is 13.4. The summed E-state index contributed by atoms with van der Waals surface area (Å²) in [6.45, 7) is 6.88. The lowest BCUT2D eigenvalue weighted by molar-refractivity contribution is 0.415. The summed E-state index contributed by atoms with van der Waals surface area (Å²) < 4.78 is 2.23. The van der Waals surface area contributed by atoms with Crippen molar-refractivity contribution in [1.29, 1.82) is 0 Å². The fourth-order valence-electron chi connectivity index (χ4n) is 2.99. The predicted molar refractivity (Wildman–Crippen MR) is 91.2 cm³/mol. The molecule has 0 N–H and O–H groups in total. The van der Waals surface area contributed by atoms with Gasteiger partial charge in [-0.25, -0.2) is 4.98 Å². The van der Waals surface area contributed by atoms with Gasteiger partial charge in [-0.15, -0.1) is 11.3 Å². The molecule has 0 amide bonds. The third-order valence-corrected chi connectivity index (χ3v) is 4.92. The molecular weight excluding hydrogens is 276 g/mol. The van der Waals surface area contributed by atoms with Gasteiger partial charge in [0.25, 0.3) is 0 Å². The molecule has 0 spiro atoms. The molecule has 4 rings (SSSR count). The van der Waals surface area contributed by atoms with E-state index in [-0.39, 0.29) is 0 Å². The number of nitrogens with zero attached hydrogens (tertiary/aromatic N) is 2. The monoisotopic (exact) mass is 294 g/mol. The molecule has 0 atom stereocenters. The predicted octanol–water partition coefficient (Wildman–Crippen LogP) is 5.29. The van der Waals surface area contributed by atoms with E-state index in [0.717, 1.165) is 12.1 Å². The number of aromatic nitrogens is 2. The highest BCUT2D eigenvalue weighted by molar-refractivity contribution is 7.18. The van der Waals surface area contributed by atoms with Gasteiger partial charge in [-0.05, 0) is 23.3 Å². The molecule has 0 unspecified atom stereocenters. The molecule has 0 aliphatic rings. The van der Waals surface area contributed by atoms with Crippen molar-refractivity contribution in [3.05, 3.63) is 47.6 Å². The lowest BCUT2D eigenvalue weighted by Crippen LogP contribution is -2.07.